The molecule has 6 N–H and O–H groups in total. The van der Waals surface area contributed by atoms with Crippen LogP contribution in [0.1, 0.15) is 33.2 Å². The van der Waals surface area contributed by atoms with E-state index in [1.54, 1.807) is 0 Å². The van der Waals surface area contributed by atoms with Gasteiger partial charge in [0.2, 0.25) is 0 Å². The molecule has 32 heavy (non-hydrogen) atoms. The number of hydrogen-bond donors (Lipinski definition) is 6. The van der Waals surface area contributed by atoms with Crippen LogP contribution < -0.4 is 4.74 Å². The highest BCUT2D eigenvalue weighted by Gasteiger charge is 2.37. The van der Waals surface area contributed by atoms with Crippen LogP contribution in [0.25, 0.3) is 0 Å². The maximum atomic E-state index is 12.8. The third-order valence-corrected chi connectivity index (χ3v) is 5.27. The van der Waals surface area contributed by atoms with Crippen molar-refractivity contribution in [3.8, 4) is 40.2 Å². The van der Waals surface area contributed by atoms with Gasteiger partial charge in [-0.3, -0.25) is 0 Å². The maximum Gasteiger partial charge on any atom is 0.338 e. The second-order valence-electron chi connectivity index (χ2n) is 7.54. The SMILES string of the molecule is Cc1cc(C(=O)O[C@@H]2Cc3c(O)cc(O)cc3O[C@@H]2c2ccc(O)c(O)c2)cc(O)c1O. The Morgan fingerprint density at radius 2 is 1.66 bits per heavy atom. The van der Waals surface area contributed by atoms with Crippen LogP contribution in [0.4, 0.5) is 0 Å². The number of hydrogen-bond acceptors (Lipinski definition) is 9. The first-order valence-corrected chi connectivity index (χ1v) is 9.61. The van der Waals surface area contributed by atoms with Gasteiger partial charge in [-0.2, -0.15) is 0 Å². The normalized spacial score (nSPS) is 17.3. The second kappa shape index (κ2) is 7.77. The van der Waals surface area contributed by atoms with E-state index < -0.39 is 29.7 Å². The Kier molecular flexibility index (Phi) is 5.09. The first-order chi connectivity index (χ1) is 15.1. The van der Waals surface area contributed by atoms with E-state index in [1.807, 2.05) is 0 Å². The van der Waals surface area contributed by atoms with E-state index in [1.165, 1.54) is 37.3 Å². The molecular formula is C23H20O9. The molecule has 0 aromatic heterocycles. The predicted octanol–water partition coefficient (Wildman–Crippen LogP) is 3.13. The molecule has 0 unspecified atom stereocenters. The number of carbonyl (C=O) groups is 1. The van der Waals surface area contributed by atoms with Gasteiger partial charge in [0.1, 0.15) is 23.4 Å². The summed E-state index contributed by atoms with van der Waals surface area (Å²) in [5.41, 5.74) is 0.946. The zero-order valence-corrected chi connectivity index (χ0v) is 16.8. The summed E-state index contributed by atoms with van der Waals surface area (Å²) in [4.78, 5) is 12.8. The number of phenolic OH excluding ortho intramolecular Hbond substituents is 6. The molecule has 0 fully saturated rings. The average molecular weight is 440 g/mol. The van der Waals surface area contributed by atoms with Crippen LogP contribution in [0.2, 0.25) is 0 Å². The minimum atomic E-state index is -0.981. The molecule has 9 nitrogen and oxygen atoms in total. The van der Waals surface area contributed by atoms with Gasteiger partial charge in [0.05, 0.1) is 5.56 Å². The lowest BCUT2D eigenvalue weighted by Crippen LogP contribution is -2.34. The zero-order valence-electron chi connectivity index (χ0n) is 16.8. The third kappa shape index (κ3) is 3.76. The highest BCUT2D eigenvalue weighted by Crippen LogP contribution is 2.44. The third-order valence-electron chi connectivity index (χ3n) is 5.27. The van der Waals surface area contributed by atoms with Crippen LogP contribution >= 0.6 is 0 Å². The van der Waals surface area contributed by atoms with Gasteiger partial charge in [-0.15, -0.1) is 0 Å². The summed E-state index contributed by atoms with van der Waals surface area (Å²) < 4.78 is 11.5. The number of benzene rings is 3. The monoisotopic (exact) mass is 440 g/mol. The Balaban J connectivity index is 1.72. The molecule has 4 rings (SSSR count). The summed E-state index contributed by atoms with van der Waals surface area (Å²) in [6.45, 7) is 1.51. The van der Waals surface area contributed by atoms with Crippen molar-refractivity contribution in [1.29, 1.82) is 0 Å². The molecule has 1 aliphatic heterocycles. The van der Waals surface area contributed by atoms with Gasteiger partial charge in [-0.05, 0) is 36.8 Å². The average Bonchev–Trinajstić information content (AvgIpc) is 2.73. The lowest BCUT2D eigenvalue weighted by atomic mass is 9.93. The summed E-state index contributed by atoms with van der Waals surface area (Å²) in [5, 5.41) is 59.1. The molecule has 3 aromatic carbocycles. The van der Waals surface area contributed by atoms with Crippen molar-refractivity contribution in [2.24, 2.45) is 0 Å². The van der Waals surface area contributed by atoms with E-state index in [2.05, 4.69) is 0 Å². The molecule has 0 saturated heterocycles. The first kappa shape index (κ1) is 21.0. The summed E-state index contributed by atoms with van der Waals surface area (Å²) in [7, 11) is 0. The highest BCUT2D eigenvalue weighted by atomic mass is 16.6. The lowest BCUT2D eigenvalue weighted by Gasteiger charge is -2.34. The Morgan fingerprint density at radius 1 is 0.906 bits per heavy atom. The predicted molar refractivity (Wildman–Crippen MR) is 110 cm³/mol. The van der Waals surface area contributed by atoms with Crippen LogP contribution in [0, 0.1) is 6.92 Å². The molecule has 0 radical (unpaired) electrons. The van der Waals surface area contributed by atoms with Crippen molar-refractivity contribution in [2.75, 3.05) is 0 Å². The Bertz CT molecular complexity index is 1200. The van der Waals surface area contributed by atoms with E-state index >= 15 is 0 Å². The van der Waals surface area contributed by atoms with Crippen molar-refractivity contribution in [2.45, 2.75) is 25.6 Å². The van der Waals surface area contributed by atoms with Crippen molar-refractivity contribution in [3.05, 3.63) is 64.7 Å². The van der Waals surface area contributed by atoms with Crippen LogP contribution in [0.5, 0.6) is 40.2 Å². The van der Waals surface area contributed by atoms with Gasteiger partial charge in [0.25, 0.3) is 0 Å². The number of phenols is 6. The Hall–Kier alpha value is -4.27. The molecule has 9 heteroatoms. The molecule has 0 saturated carbocycles. The summed E-state index contributed by atoms with van der Waals surface area (Å²) >= 11 is 0. The first-order valence-electron chi connectivity index (χ1n) is 9.61. The maximum absolute atomic E-state index is 12.8. The van der Waals surface area contributed by atoms with Crippen molar-refractivity contribution < 1.29 is 44.9 Å². The number of aromatic hydroxyl groups is 6. The fraction of sp³-hybridized carbons (Fsp3) is 0.174. The number of esters is 1. The van der Waals surface area contributed by atoms with Gasteiger partial charge in [0.15, 0.2) is 29.1 Å². The smallest absolute Gasteiger partial charge is 0.338 e. The fourth-order valence-corrected chi connectivity index (χ4v) is 3.64. The number of fused-ring (bicyclic) bond motifs is 1. The number of aryl methyl sites for hydroxylation is 1. The lowest BCUT2D eigenvalue weighted by molar-refractivity contribution is -0.0188. The number of ether oxygens (including phenoxy) is 2. The molecule has 1 aliphatic rings. The van der Waals surface area contributed by atoms with E-state index in [0.717, 1.165) is 12.1 Å². The molecule has 0 spiro atoms. The van der Waals surface area contributed by atoms with Crippen molar-refractivity contribution >= 4 is 5.97 Å². The van der Waals surface area contributed by atoms with Crippen LogP contribution in [0.15, 0.2) is 42.5 Å². The Labute approximate surface area is 182 Å². The molecule has 0 aliphatic carbocycles. The topological polar surface area (TPSA) is 157 Å². The fourth-order valence-electron chi connectivity index (χ4n) is 3.64. The van der Waals surface area contributed by atoms with E-state index in [4.69, 9.17) is 9.47 Å². The zero-order chi connectivity index (χ0) is 23.2. The minimum Gasteiger partial charge on any atom is -0.508 e. The van der Waals surface area contributed by atoms with E-state index in [0.29, 0.717) is 11.1 Å². The quantitative estimate of drug-likeness (QED) is 0.266. The molecule has 0 amide bonds. The standard InChI is InChI=1S/C23H20O9/c1-10-4-12(6-18(28)21(10)29)23(30)32-20-9-14-16(26)7-13(24)8-19(14)31-22(20)11-2-3-15(25)17(27)5-11/h2-8,20,22,24-29H,9H2,1H3/t20-,22-/m1/s1. The van der Waals surface area contributed by atoms with E-state index in [9.17, 15) is 35.4 Å². The molecule has 166 valence electrons. The van der Waals surface area contributed by atoms with Gasteiger partial charge in [0, 0.05) is 29.7 Å². The number of rotatable bonds is 3. The summed E-state index contributed by atoms with van der Waals surface area (Å²) in [6.07, 6.45) is -1.92. The largest absolute Gasteiger partial charge is 0.508 e. The van der Waals surface area contributed by atoms with Crippen LogP contribution in [-0.2, 0) is 11.2 Å². The van der Waals surface area contributed by atoms with Gasteiger partial charge < -0.3 is 40.1 Å². The molecular weight excluding hydrogens is 420 g/mol. The van der Waals surface area contributed by atoms with Crippen molar-refractivity contribution in [1.82, 2.24) is 0 Å². The summed E-state index contributed by atoms with van der Waals surface area (Å²) in [5.74, 6) is -2.68. The van der Waals surface area contributed by atoms with Gasteiger partial charge in [-0.25, -0.2) is 4.79 Å². The van der Waals surface area contributed by atoms with E-state index in [-0.39, 0.29) is 46.3 Å². The Morgan fingerprint density at radius 3 is 2.34 bits per heavy atom. The molecule has 0 bridgehead atoms. The van der Waals surface area contributed by atoms with Gasteiger partial charge in [-0.1, -0.05) is 6.07 Å². The second-order valence-corrected chi connectivity index (χ2v) is 7.54. The van der Waals surface area contributed by atoms with Crippen molar-refractivity contribution in [3.63, 3.8) is 0 Å². The molecule has 2 atom stereocenters. The summed E-state index contributed by atoms with van der Waals surface area (Å²) in [6, 6.07) is 8.85. The van der Waals surface area contributed by atoms with Crippen LogP contribution in [-0.4, -0.2) is 42.7 Å². The molecule has 1 heterocycles. The highest BCUT2D eigenvalue weighted by molar-refractivity contribution is 5.90. The minimum absolute atomic E-state index is 0.00849. The van der Waals surface area contributed by atoms with Gasteiger partial charge >= 0.3 is 5.97 Å². The number of carbonyl (C=O) groups excluding carboxylic acids is 1. The molecule has 3 aromatic rings. The van der Waals surface area contributed by atoms with Crippen LogP contribution in [0.3, 0.4) is 0 Å².